The summed E-state index contributed by atoms with van der Waals surface area (Å²) in [6.45, 7) is 5.26. The van der Waals surface area contributed by atoms with Crippen LogP contribution in [0.25, 0.3) is 22.3 Å². The van der Waals surface area contributed by atoms with E-state index < -0.39 is 0 Å². The van der Waals surface area contributed by atoms with Crippen molar-refractivity contribution in [3.05, 3.63) is 59.5 Å². The third-order valence-corrected chi connectivity index (χ3v) is 6.43. The average molecular weight is 533 g/mol. The second kappa shape index (κ2) is 11.8. The molecule has 0 bridgehead atoms. The zero-order valence-electron chi connectivity index (χ0n) is 22.7. The molecule has 0 saturated heterocycles. The van der Waals surface area contributed by atoms with Gasteiger partial charge in [-0.05, 0) is 50.2 Å². The third-order valence-electron chi connectivity index (χ3n) is 6.43. The van der Waals surface area contributed by atoms with Gasteiger partial charge in [-0.3, -0.25) is 14.3 Å². The summed E-state index contributed by atoms with van der Waals surface area (Å²) in [6, 6.07) is 9.85. The van der Waals surface area contributed by atoms with Crippen molar-refractivity contribution in [2.75, 3.05) is 27.8 Å². The second-order valence-corrected chi connectivity index (χ2v) is 8.97. The van der Waals surface area contributed by atoms with Crippen LogP contribution in [0.4, 0.5) is 0 Å². The van der Waals surface area contributed by atoms with Crippen molar-refractivity contribution in [2.45, 2.75) is 33.4 Å². The molecule has 0 fully saturated rings. The van der Waals surface area contributed by atoms with Gasteiger partial charge >= 0.3 is 0 Å². The van der Waals surface area contributed by atoms with E-state index in [0.717, 1.165) is 17.8 Å². The Labute approximate surface area is 226 Å². The number of aromatic nitrogens is 4. The van der Waals surface area contributed by atoms with E-state index in [-0.39, 0.29) is 36.3 Å². The highest BCUT2D eigenvalue weighted by molar-refractivity contribution is 6.05. The minimum atomic E-state index is -0.320. The number of aromatic hydroxyl groups is 1. The van der Waals surface area contributed by atoms with Gasteiger partial charge in [0.25, 0.3) is 5.91 Å². The predicted octanol–water partition coefficient (Wildman–Crippen LogP) is 3.32. The summed E-state index contributed by atoms with van der Waals surface area (Å²) in [5.41, 5.74) is 3.21. The van der Waals surface area contributed by atoms with Crippen LogP contribution in [0.2, 0.25) is 0 Å². The minimum absolute atomic E-state index is 0.00976. The molecule has 2 aromatic carbocycles. The largest absolute Gasteiger partial charge is 0.508 e. The Bertz CT molecular complexity index is 1520. The number of carbonyl (C=O) groups excluding carboxylic acids is 2. The van der Waals surface area contributed by atoms with Crippen LogP contribution >= 0.6 is 0 Å². The van der Waals surface area contributed by atoms with E-state index in [0.29, 0.717) is 40.3 Å². The minimum Gasteiger partial charge on any atom is -0.508 e. The monoisotopic (exact) mass is 532 g/mol. The zero-order valence-corrected chi connectivity index (χ0v) is 22.7. The average Bonchev–Trinajstić information content (AvgIpc) is 3.30. The summed E-state index contributed by atoms with van der Waals surface area (Å²) in [4.78, 5) is 36.0. The molecule has 0 spiro atoms. The SMILES string of the molecule is CCn1ncc(CN(C)C(=O)c2nc(-c3ccc(OCCC(=O)NC)c(OC)c3)nc3ccc(O)cc23)c1C. The van der Waals surface area contributed by atoms with Crippen LogP contribution in [0.1, 0.15) is 35.1 Å². The molecule has 0 radical (unpaired) electrons. The lowest BCUT2D eigenvalue weighted by Crippen LogP contribution is -2.27. The van der Waals surface area contributed by atoms with Gasteiger partial charge in [-0.1, -0.05) is 0 Å². The maximum atomic E-state index is 13.7. The van der Waals surface area contributed by atoms with Crippen molar-refractivity contribution in [1.82, 2.24) is 30.0 Å². The molecule has 11 nitrogen and oxygen atoms in total. The first-order valence-corrected chi connectivity index (χ1v) is 12.5. The summed E-state index contributed by atoms with van der Waals surface area (Å²) in [5, 5.41) is 17.5. The van der Waals surface area contributed by atoms with Gasteiger partial charge in [-0.25, -0.2) is 9.97 Å². The molecule has 11 heteroatoms. The number of carbonyl (C=O) groups is 2. The highest BCUT2D eigenvalue weighted by Gasteiger charge is 2.22. The first kappa shape index (κ1) is 27.4. The van der Waals surface area contributed by atoms with E-state index in [1.807, 2.05) is 18.5 Å². The molecule has 2 amide bonds. The molecule has 204 valence electrons. The molecule has 0 aliphatic heterocycles. The summed E-state index contributed by atoms with van der Waals surface area (Å²) < 4.78 is 13.1. The quantitative estimate of drug-likeness (QED) is 0.318. The Morgan fingerprint density at radius 1 is 1.13 bits per heavy atom. The lowest BCUT2D eigenvalue weighted by Gasteiger charge is -2.18. The van der Waals surface area contributed by atoms with Crippen molar-refractivity contribution >= 4 is 22.7 Å². The summed E-state index contributed by atoms with van der Waals surface area (Å²) in [5.74, 6) is 0.782. The van der Waals surface area contributed by atoms with E-state index in [9.17, 15) is 14.7 Å². The molecule has 0 unspecified atom stereocenters. The number of amides is 2. The Hall–Kier alpha value is -4.67. The van der Waals surface area contributed by atoms with Gasteiger partial charge in [0.2, 0.25) is 5.91 Å². The molecular formula is C28H32N6O5. The van der Waals surface area contributed by atoms with E-state index in [1.54, 1.807) is 49.5 Å². The van der Waals surface area contributed by atoms with Gasteiger partial charge in [0.1, 0.15) is 11.4 Å². The fourth-order valence-electron chi connectivity index (χ4n) is 4.18. The Morgan fingerprint density at radius 2 is 1.92 bits per heavy atom. The van der Waals surface area contributed by atoms with E-state index in [4.69, 9.17) is 9.47 Å². The number of ether oxygens (including phenoxy) is 2. The number of nitrogens with one attached hydrogen (secondary N) is 1. The van der Waals surface area contributed by atoms with Crippen molar-refractivity contribution in [3.8, 4) is 28.6 Å². The molecule has 0 aliphatic carbocycles. The number of benzene rings is 2. The van der Waals surface area contributed by atoms with Crippen LogP contribution in [-0.4, -0.2) is 69.4 Å². The number of fused-ring (bicyclic) bond motifs is 1. The smallest absolute Gasteiger partial charge is 0.273 e. The fraction of sp³-hybridized carbons (Fsp3) is 0.321. The van der Waals surface area contributed by atoms with Crippen LogP contribution in [0.15, 0.2) is 42.6 Å². The molecule has 0 atom stereocenters. The number of phenolic OH excluding ortho intramolecular Hbond substituents is 1. The third kappa shape index (κ3) is 5.92. The van der Waals surface area contributed by atoms with Crippen LogP contribution in [0, 0.1) is 6.92 Å². The summed E-state index contributed by atoms with van der Waals surface area (Å²) >= 11 is 0. The first-order chi connectivity index (χ1) is 18.7. The Balaban J connectivity index is 1.69. The lowest BCUT2D eigenvalue weighted by molar-refractivity contribution is -0.121. The molecule has 0 saturated carbocycles. The van der Waals surface area contributed by atoms with Gasteiger partial charge in [0.15, 0.2) is 17.3 Å². The molecule has 2 heterocycles. The normalized spacial score (nSPS) is 10.9. The second-order valence-electron chi connectivity index (χ2n) is 8.97. The maximum Gasteiger partial charge on any atom is 0.273 e. The maximum absolute atomic E-state index is 13.7. The number of phenols is 1. The van der Waals surface area contributed by atoms with Crippen LogP contribution < -0.4 is 14.8 Å². The number of hydrogen-bond acceptors (Lipinski definition) is 8. The summed E-state index contributed by atoms with van der Waals surface area (Å²) in [7, 11) is 4.79. The molecule has 39 heavy (non-hydrogen) atoms. The molecule has 2 aromatic heterocycles. The number of hydrogen-bond donors (Lipinski definition) is 2. The molecule has 2 N–H and O–H groups in total. The first-order valence-electron chi connectivity index (χ1n) is 12.5. The van der Waals surface area contributed by atoms with Crippen molar-refractivity contribution < 1.29 is 24.2 Å². The Kier molecular flexibility index (Phi) is 8.28. The summed E-state index contributed by atoms with van der Waals surface area (Å²) in [6.07, 6.45) is 1.97. The van der Waals surface area contributed by atoms with Crippen molar-refractivity contribution in [2.24, 2.45) is 0 Å². The van der Waals surface area contributed by atoms with Gasteiger partial charge in [0.05, 0.1) is 31.9 Å². The Morgan fingerprint density at radius 3 is 2.62 bits per heavy atom. The van der Waals surface area contributed by atoms with Crippen LogP contribution in [0.3, 0.4) is 0 Å². The number of methoxy groups -OCH3 is 1. The number of aryl methyl sites for hydroxylation is 1. The fourth-order valence-corrected chi connectivity index (χ4v) is 4.18. The van der Waals surface area contributed by atoms with Crippen molar-refractivity contribution in [3.63, 3.8) is 0 Å². The lowest BCUT2D eigenvalue weighted by atomic mass is 10.1. The van der Waals surface area contributed by atoms with Crippen molar-refractivity contribution in [1.29, 1.82) is 0 Å². The highest BCUT2D eigenvalue weighted by Crippen LogP contribution is 2.33. The van der Waals surface area contributed by atoms with Gasteiger partial charge < -0.3 is 24.8 Å². The van der Waals surface area contributed by atoms with Crippen LogP contribution in [0.5, 0.6) is 17.2 Å². The molecular weight excluding hydrogens is 500 g/mol. The standard InChI is InChI=1S/C28H32N6O5/c1-6-34-17(2)19(15-30-34)16-33(4)28(37)26-21-14-20(35)8-9-22(21)31-27(32-26)18-7-10-23(24(13-18)38-5)39-12-11-25(36)29-3/h7-10,13-15,35H,6,11-12,16H2,1-5H3,(H,29,36). The van der Waals surface area contributed by atoms with E-state index >= 15 is 0 Å². The number of nitrogens with zero attached hydrogens (tertiary/aromatic N) is 5. The van der Waals surface area contributed by atoms with Gasteiger partial charge in [-0.15, -0.1) is 0 Å². The highest BCUT2D eigenvalue weighted by atomic mass is 16.5. The zero-order chi connectivity index (χ0) is 28.1. The van der Waals surface area contributed by atoms with Crippen LogP contribution in [-0.2, 0) is 17.9 Å². The molecule has 0 aliphatic rings. The number of rotatable bonds is 10. The topological polar surface area (TPSA) is 132 Å². The van der Waals surface area contributed by atoms with E-state index in [1.165, 1.54) is 19.2 Å². The van der Waals surface area contributed by atoms with E-state index in [2.05, 4.69) is 20.4 Å². The predicted molar refractivity (Wildman–Crippen MR) is 146 cm³/mol. The van der Waals surface area contributed by atoms with Gasteiger partial charge in [0, 0.05) is 49.4 Å². The molecule has 4 aromatic rings. The molecule has 4 rings (SSSR count). The van der Waals surface area contributed by atoms with Gasteiger partial charge in [-0.2, -0.15) is 5.10 Å².